The molecule has 5 nitrogen and oxygen atoms in total. The maximum atomic E-state index is 12.0. The van der Waals surface area contributed by atoms with Gasteiger partial charge in [0.05, 0.1) is 11.3 Å². The lowest BCUT2D eigenvalue weighted by Crippen LogP contribution is -2.37. The molecule has 126 valence electrons. The number of halogens is 1. The van der Waals surface area contributed by atoms with Crippen LogP contribution in [-0.2, 0) is 0 Å². The Kier molecular flexibility index (Phi) is 4.92. The highest BCUT2D eigenvalue weighted by Gasteiger charge is 2.25. The third-order valence-corrected chi connectivity index (χ3v) is 4.64. The summed E-state index contributed by atoms with van der Waals surface area (Å²) in [4.78, 5) is 12.0. The van der Waals surface area contributed by atoms with E-state index in [9.17, 15) is 4.79 Å². The van der Waals surface area contributed by atoms with Crippen LogP contribution in [0.15, 0.2) is 42.5 Å². The van der Waals surface area contributed by atoms with Crippen LogP contribution in [0.2, 0.25) is 0 Å². The summed E-state index contributed by atoms with van der Waals surface area (Å²) in [6.45, 7) is 1.45. The molecule has 4 N–H and O–H groups in total. The van der Waals surface area contributed by atoms with Gasteiger partial charge in [0, 0.05) is 29.9 Å². The van der Waals surface area contributed by atoms with E-state index in [0.29, 0.717) is 11.3 Å². The quantitative estimate of drug-likeness (QED) is 0.661. The Balaban J connectivity index is 2.21. The Morgan fingerprint density at radius 3 is 2.42 bits per heavy atom. The van der Waals surface area contributed by atoms with Crippen molar-refractivity contribution in [2.24, 2.45) is 5.73 Å². The molecule has 2 aromatic rings. The first kappa shape index (κ1) is 16.6. The first-order chi connectivity index (χ1) is 11.6. The number of para-hydroxylation sites is 2. The van der Waals surface area contributed by atoms with Gasteiger partial charge in [-0.2, -0.15) is 0 Å². The number of rotatable bonds is 3. The first-order valence-corrected chi connectivity index (χ1v) is 8.42. The molecule has 0 radical (unpaired) electrons. The van der Waals surface area contributed by atoms with E-state index in [1.165, 1.54) is 0 Å². The first-order valence-electron chi connectivity index (χ1n) is 8.08. The van der Waals surface area contributed by atoms with E-state index in [0.717, 1.165) is 49.2 Å². The summed E-state index contributed by atoms with van der Waals surface area (Å²) in [6.07, 6.45) is 3.11. The fraction of sp³-hybridized carbons (Fsp3) is 0.278. The van der Waals surface area contributed by atoms with Crippen LogP contribution in [0.25, 0.3) is 11.1 Å². The normalized spacial score (nSPS) is 16.0. The highest BCUT2D eigenvalue weighted by molar-refractivity contribution is 6.15. The Morgan fingerprint density at radius 2 is 1.67 bits per heavy atom. The zero-order valence-electron chi connectivity index (χ0n) is 13.4. The van der Waals surface area contributed by atoms with Gasteiger partial charge in [0.25, 0.3) is 5.91 Å². The fourth-order valence-corrected chi connectivity index (χ4v) is 3.38. The summed E-state index contributed by atoms with van der Waals surface area (Å²) in [7, 11) is 0. The second-order valence-corrected chi connectivity index (χ2v) is 6.29. The number of nitrogens with two attached hydrogens (primary N) is 2. The van der Waals surface area contributed by atoms with E-state index in [1.54, 1.807) is 10.6 Å². The zero-order valence-corrected chi connectivity index (χ0v) is 14.2. The second-order valence-electron chi connectivity index (χ2n) is 5.90. The summed E-state index contributed by atoms with van der Waals surface area (Å²) in [5.41, 5.74) is 15.3. The number of carbonyl (C=O) groups excluding carboxylic acids is 1. The number of hydrazine groups is 1. The number of hydrogen-bond acceptors (Lipinski definition) is 4. The smallest absolute Gasteiger partial charge is 0.250 e. The van der Waals surface area contributed by atoms with E-state index in [1.807, 2.05) is 41.4 Å². The molecule has 3 rings (SSSR count). The number of benzene rings is 2. The van der Waals surface area contributed by atoms with Crippen molar-refractivity contribution in [2.45, 2.75) is 19.3 Å². The van der Waals surface area contributed by atoms with Crippen molar-refractivity contribution in [3.63, 3.8) is 0 Å². The molecule has 1 heterocycles. The van der Waals surface area contributed by atoms with Gasteiger partial charge in [0.1, 0.15) is 0 Å². The van der Waals surface area contributed by atoms with Gasteiger partial charge >= 0.3 is 0 Å². The molecule has 1 amide bonds. The van der Waals surface area contributed by atoms with Crippen molar-refractivity contribution >= 4 is 29.1 Å². The van der Waals surface area contributed by atoms with Gasteiger partial charge < -0.3 is 11.5 Å². The molecule has 0 atom stereocenters. The van der Waals surface area contributed by atoms with Crippen molar-refractivity contribution in [1.29, 1.82) is 0 Å². The van der Waals surface area contributed by atoms with Crippen LogP contribution >= 0.6 is 11.8 Å². The summed E-state index contributed by atoms with van der Waals surface area (Å²) in [6, 6.07) is 13.1. The maximum absolute atomic E-state index is 12.0. The molecular weight excluding hydrogens is 324 g/mol. The number of nitrogens with zero attached hydrogens (tertiary/aromatic N) is 2. The van der Waals surface area contributed by atoms with Crippen LogP contribution in [0.3, 0.4) is 0 Å². The number of carbonyl (C=O) groups is 1. The minimum atomic E-state index is -0.476. The van der Waals surface area contributed by atoms with Crippen LogP contribution in [-0.4, -0.2) is 23.5 Å². The lowest BCUT2D eigenvalue weighted by molar-refractivity contribution is 0.100. The van der Waals surface area contributed by atoms with E-state index >= 15 is 0 Å². The number of hydrogen-bond donors (Lipinski definition) is 2. The third kappa shape index (κ3) is 3.18. The molecule has 6 heteroatoms. The van der Waals surface area contributed by atoms with Crippen molar-refractivity contribution in [2.75, 3.05) is 23.8 Å². The summed E-state index contributed by atoms with van der Waals surface area (Å²) >= 11 is 6.47. The van der Waals surface area contributed by atoms with E-state index < -0.39 is 5.91 Å². The van der Waals surface area contributed by atoms with Crippen LogP contribution in [0.5, 0.6) is 0 Å². The van der Waals surface area contributed by atoms with E-state index in [4.69, 9.17) is 23.2 Å². The van der Waals surface area contributed by atoms with Gasteiger partial charge in [-0.25, -0.2) is 0 Å². The van der Waals surface area contributed by atoms with Crippen molar-refractivity contribution < 1.29 is 4.79 Å². The topological polar surface area (TPSA) is 75.6 Å². The van der Waals surface area contributed by atoms with Gasteiger partial charge in [-0.05, 0) is 36.8 Å². The molecule has 24 heavy (non-hydrogen) atoms. The number of amides is 1. The van der Waals surface area contributed by atoms with Gasteiger partial charge in [0.2, 0.25) is 0 Å². The molecule has 0 aliphatic carbocycles. The predicted molar refractivity (Wildman–Crippen MR) is 98.6 cm³/mol. The van der Waals surface area contributed by atoms with Crippen LogP contribution in [0.1, 0.15) is 29.6 Å². The average Bonchev–Trinajstić information content (AvgIpc) is 2.79. The summed E-state index contributed by atoms with van der Waals surface area (Å²) < 4.78 is 1.65. The van der Waals surface area contributed by atoms with Crippen molar-refractivity contribution in [3.05, 3.63) is 48.0 Å². The Hall–Kier alpha value is -2.24. The molecule has 1 aliphatic rings. The van der Waals surface area contributed by atoms with Crippen LogP contribution < -0.4 is 16.5 Å². The Labute approximate surface area is 146 Å². The molecule has 0 unspecified atom stereocenters. The van der Waals surface area contributed by atoms with E-state index in [2.05, 4.69) is 0 Å². The predicted octanol–water partition coefficient (Wildman–Crippen LogP) is 3.40. The Bertz CT molecular complexity index is 750. The van der Waals surface area contributed by atoms with Crippen molar-refractivity contribution in [3.8, 4) is 11.1 Å². The summed E-state index contributed by atoms with van der Waals surface area (Å²) in [5.74, 6) is -0.476. The monoisotopic (exact) mass is 344 g/mol. The molecule has 2 aromatic carbocycles. The van der Waals surface area contributed by atoms with Crippen LogP contribution in [0.4, 0.5) is 11.4 Å². The molecule has 0 aromatic heterocycles. The van der Waals surface area contributed by atoms with Gasteiger partial charge in [-0.15, -0.1) is 4.53 Å². The molecule has 0 spiro atoms. The van der Waals surface area contributed by atoms with Crippen molar-refractivity contribution in [1.82, 2.24) is 4.53 Å². The molecule has 0 saturated carbocycles. The number of nitrogen functional groups attached to an aromatic ring is 1. The molecular formula is C18H21ClN4O. The lowest BCUT2D eigenvalue weighted by Gasteiger charge is -2.32. The second kappa shape index (κ2) is 7.11. The molecule has 1 aliphatic heterocycles. The SMILES string of the molecule is NC(=O)c1cccc(-c2ccccc2N)c1N1CCCCCN1Cl. The van der Waals surface area contributed by atoms with Gasteiger partial charge in [-0.1, -0.05) is 36.8 Å². The molecule has 1 fully saturated rings. The standard InChI is InChI=1S/C18H21ClN4O/c19-23-12-5-1-4-11-22(23)17-14(8-6-9-15(17)18(21)24)13-7-2-3-10-16(13)20/h2-3,6-10H,1,4-5,11-12,20H2,(H2,21,24). The number of anilines is 2. The molecule has 0 bridgehead atoms. The number of primary amides is 1. The third-order valence-electron chi connectivity index (χ3n) is 4.29. The highest BCUT2D eigenvalue weighted by atomic mass is 35.5. The minimum absolute atomic E-state index is 0.448. The largest absolute Gasteiger partial charge is 0.398 e. The van der Waals surface area contributed by atoms with Gasteiger partial charge in [0.15, 0.2) is 0 Å². The van der Waals surface area contributed by atoms with E-state index in [-0.39, 0.29) is 0 Å². The lowest BCUT2D eigenvalue weighted by atomic mass is 9.97. The minimum Gasteiger partial charge on any atom is -0.398 e. The summed E-state index contributed by atoms with van der Waals surface area (Å²) in [5, 5.41) is 1.94. The highest BCUT2D eigenvalue weighted by Crippen LogP contribution is 2.38. The fourth-order valence-electron chi connectivity index (χ4n) is 3.11. The zero-order chi connectivity index (χ0) is 17.1. The Morgan fingerprint density at radius 1 is 0.958 bits per heavy atom. The van der Waals surface area contributed by atoms with Gasteiger partial charge in [-0.3, -0.25) is 9.80 Å². The van der Waals surface area contributed by atoms with Crippen LogP contribution in [0, 0.1) is 0 Å². The molecule has 1 saturated heterocycles. The maximum Gasteiger partial charge on any atom is 0.250 e. The average molecular weight is 345 g/mol.